The lowest BCUT2D eigenvalue weighted by Gasteiger charge is -2.17. The summed E-state index contributed by atoms with van der Waals surface area (Å²) < 4.78 is 5.48. The van der Waals surface area contributed by atoms with Crippen LogP contribution in [0.25, 0.3) is 0 Å². The van der Waals surface area contributed by atoms with Gasteiger partial charge < -0.3 is 9.64 Å². The van der Waals surface area contributed by atoms with E-state index in [9.17, 15) is 4.79 Å². The largest absolute Gasteiger partial charge is 0.380 e. The summed E-state index contributed by atoms with van der Waals surface area (Å²) in [6.07, 6.45) is 3.28. The first kappa shape index (κ1) is 14.5. The topological polar surface area (TPSA) is 41.6 Å². The van der Waals surface area contributed by atoms with Gasteiger partial charge in [0.15, 0.2) is 0 Å². The van der Waals surface area contributed by atoms with Gasteiger partial charge in [0.2, 0.25) is 5.91 Å². The molecule has 100 valence electrons. The van der Waals surface area contributed by atoms with Gasteiger partial charge in [0.25, 0.3) is 0 Å². The van der Waals surface area contributed by atoms with Gasteiger partial charge in [-0.1, -0.05) is 33.6 Å². The lowest BCUT2D eigenvalue weighted by Crippen LogP contribution is -2.36. The molecule has 0 aromatic heterocycles. The molecule has 2 unspecified atom stereocenters. The highest BCUT2D eigenvalue weighted by molar-refractivity contribution is 5.84. The first-order valence-corrected chi connectivity index (χ1v) is 6.80. The molecule has 0 aliphatic carbocycles. The zero-order valence-electron chi connectivity index (χ0n) is 11.4. The number of hydrogen-bond donors (Lipinski definition) is 1. The molecule has 0 aromatic carbocycles. The summed E-state index contributed by atoms with van der Waals surface area (Å²) in [6, 6.07) is 0.00985. The summed E-state index contributed by atoms with van der Waals surface area (Å²) in [5.74, 6) is 0.645. The van der Waals surface area contributed by atoms with Gasteiger partial charge >= 0.3 is 0 Å². The molecule has 1 N–H and O–H groups in total. The molecule has 0 radical (unpaired) electrons. The molecule has 0 aromatic rings. The second kappa shape index (κ2) is 7.67. The van der Waals surface area contributed by atoms with E-state index in [2.05, 4.69) is 26.1 Å². The molecule has 4 nitrogen and oxygen atoms in total. The van der Waals surface area contributed by atoms with Crippen molar-refractivity contribution in [2.75, 3.05) is 26.4 Å². The Morgan fingerprint density at radius 2 is 2.24 bits per heavy atom. The zero-order valence-corrected chi connectivity index (χ0v) is 11.4. The van der Waals surface area contributed by atoms with Crippen molar-refractivity contribution in [2.24, 2.45) is 5.92 Å². The van der Waals surface area contributed by atoms with Crippen molar-refractivity contribution in [3.05, 3.63) is 0 Å². The Labute approximate surface area is 105 Å². The van der Waals surface area contributed by atoms with Crippen LogP contribution in [0.1, 0.15) is 40.0 Å². The van der Waals surface area contributed by atoms with Gasteiger partial charge in [0, 0.05) is 13.2 Å². The Bertz CT molecular complexity index is 233. The average Bonchev–Trinajstić information content (AvgIpc) is 2.70. The van der Waals surface area contributed by atoms with Gasteiger partial charge in [0.05, 0.1) is 19.3 Å². The third-order valence-electron chi connectivity index (χ3n) is 3.44. The van der Waals surface area contributed by atoms with E-state index in [-0.39, 0.29) is 11.9 Å². The van der Waals surface area contributed by atoms with Gasteiger partial charge in [-0.15, -0.1) is 0 Å². The molecule has 17 heavy (non-hydrogen) atoms. The second-order valence-corrected chi connectivity index (χ2v) is 4.79. The van der Waals surface area contributed by atoms with E-state index in [1.807, 2.05) is 4.90 Å². The number of amides is 1. The van der Waals surface area contributed by atoms with Gasteiger partial charge in [-0.3, -0.25) is 10.1 Å². The van der Waals surface area contributed by atoms with Crippen LogP contribution in [0.4, 0.5) is 0 Å². The first-order chi connectivity index (χ1) is 8.20. The van der Waals surface area contributed by atoms with Crippen LogP contribution in [-0.4, -0.2) is 43.3 Å². The number of unbranched alkanes of at least 4 members (excludes halogenated alkanes) is 1. The van der Waals surface area contributed by atoms with E-state index in [1.54, 1.807) is 0 Å². The number of rotatable bonds is 8. The monoisotopic (exact) mass is 242 g/mol. The number of carbonyl (C=O) groups excluding carboxylic acids is 1. The maximum Gasteiger partial charge on any atom is 0.241 e. The van der Waals surface area contributed by atoms with Gasteiger partial charge in [0.1, 0.15) is 0 Å². The number of nitrogens with one attached hydrogen (secondary N) is 1. The Morgan fingerprint density at radius 1 is 1.47 bits per heavy atom. The molecule has 1 fully saturated rings. The lowest BCUT2D eigenvalue weighted by molar-refractivity contribution is -0.130. The maximum atomic E-state index is 12.0. The van der Waals surface area contributed by atoms with Crippen molar-refractivity contribution < 1.29 is 9.53 Å². The lowest BCUT2D eigenvalue weighted by atomic mass is 9.99. The van der Waals surface area contributed by atoms with Crippen molar-refractivity contribution in [3.63, 3.8) is 0 Å². The van der Waals surface area contributed by atoms with Crippen LogP contribution in [0.2, 0.25) is 0 Å². The third-order valence-corrected chi connectivity index (χ3v) is 3.44. The summed E-state index contributed by atoms with van der Waals surface area (Å²) in [5.41, 5.74) is 0. The fourth-order valence-electron chi connectivity index (χ4n) is 1.96. The van der Waals surface area contributed by atoms with E-state index in [1.165, 1.54) is 0 Å². The van der Waals surface area contributed by atoms with Crippen molar-refractivity contribution in [3.8, 4) is 0 Å². The van der Waals surface area contributed by atoms with Crippen LogP contribution in [0.15, 0.2) is 0 Å². The quantitative estimate of drug-likeness (QED) is 0.657. The maximum absolute atomic E-state index is 12.0. The predicted molar refractivity (Wildman–Crippen MR) is 68.7 cm³/mol. The third kappa shape index (κ3) is 4.28. The smallest absolute Gasteiger partial charge is 0.241 e. The van der Waals surface area contributed by atoms with Crippen molar-refractivity contribution >= 4 is 5.91 Å². The number of carbonyl (C=O) groups is 1. The minimum atomic E-state index is 0.00985. The molecule has 0 bridgehead atoms. The highest BCUT2D eigenvalue weighted by Crippen LogP contribution is 2.14. The van der Waals surface area contributed by atoms with Crippen LogP contribution < -0.4 is 5.32 Å². The van der Waals surface area contributed by atoms with Crippen LogP contribution in [0.3, 0.4) is 0 Å². The molecular formula is C13H26N2O2. The molecule has 1 rings (SSSR count). The summed E-state index contributed by atoms with van der Waals surface area (Å²) in [7, 11) is 0. The average molecular weight is 242 g/mol. The van der Waals surface area contributed by atoms with E-state index in [0.717, 1.165) is 25.9 Å². The van der Waals surface area contributed by atoms with Crippen molar-refractivity contribution in [1.29, 1.82) is 0 Å². The normalized spacial score (nSPS) is 22.2. The summed E-state index contributed by atoms with van der Waals surface area (Å²) in [5, 5.41) is 3.28. The fraction of sp³-hybridized carbons (Fsp3) is 0.923. The van der Waals surface area contributed by atoms with Crippen LogP contribution >= 0.6 is 0 Å². The van der Waals surface area contributed by atoms with E-state index in [0.29, 0.717) is 25.7 Å². The summed E-state index contributed by atoms with van der Waals surface area (Å²) in [4.78, 5) is 13.9. The molecule has 1 amide bonds. The second-order valence-electron chi connectivity index (χ2n) is 4.79. The first-order valence-electron chi connectivity index (χ1n) is 6.80. The standard InChI is InChI=1S/C13H26N2O2/c1-4-6-8-17-9-7-15-10-14-12(13(15)16)11(3)5-2/h11-12,14H,4-10H2,1-3H3. The SMILES string of the molecule is CCCCOCCN1CNC(C(C)CC)C1=O. The predicted octanol–water partition coefficient (Wildman–Crippen LogP) is 1.61. The molecule has 1 aliphatic heterocycles. The Hall–Kier alpha value is -0.610. The van der Waals surface area contributed by atoms with Gasteiger partial charge in [-0.05, 0) is 12.3 Å². The van der Waals surface area contributed by atoms with E-state index in [4.69, 9.17) is 4.74 Å². The van der Waals surface area contributed by atoms with Crippen LogP contribution in [-0.2, 0) is 9.53 Å². The van der Waals surface area contributed by atoms with Gasteiger partial charge in [-0.25, -0.2) is 0 Å². The molecule has 2 atom stereocenters. The Balaban J connectivity index is 2.21. The summed E-state index contributed by atoms with van der Waals surface area (Å²) in [6.45, 7) is 9.23. The molecule has 1 saturated heterocycles. The van der Waals surface area contributed by atoms with E-state index < -0.39 is 0 Å². The van der Waals surface area contributed by atoms with Crippen molar-refractivity contribution in [2.45, 2.75) is 46.1 Å². The minimum Gasteiger partial charge on any atom is -0.380 e. The molecular weight excluding hydrogens is 216 g/mol. The van der Waals surface area contributed by atoms with Crippen molar-refractivity contribution in [1.82, 2.24) is 10.2 Å². The molecule has 0 spiro atoms. The number of ether oxygens (including phenoxy) is 1. The highest BCUT2D eigenvalue weighted by Gasteiger charge is 2.33. The molecule has 1 heterocycles. The summed E-state index contributed by atoms with van der Waals surface area (Å²) >= 11 is 0. The Kier molecular flexibility index (Phi) is 6.52. The highest BCUT2D eigenvalue weighted by atomic mass is 16.5. The zero-order chi connectivity index (χ0) is 12.7. The Morgan fingerprint density at radius 3 is 2.88 bits per heavy atom. The van der Waals surface area contributed by atoms with Crippen LogP contribution in [0, 0.1) is 5.92 Å². The molecule has 1 aliphatic rings. The molecule has 4 heteroatoms. The molecule has 0 saturated carbocycles. The number of hydrogen-bond acceptors (Lipinski definition) is 3. The van der Waals surface area contributed by atoms with E-state index >= 15 is 0 Å². The van der Waals surface area contributed by atoms with Crippen LogP contribution in [0.5, 0.6) is 0 Å². The fourth-order valence-corrected chi connectivity index (χ4v) is 1.96. The van der Waals surface area contributed by atoms with Gasteiger partial charge in [-0.2, -0.15) is 0 Å². The minimum absolute atomic E-state index is 0.00985. The number of nitrogens with zero attached hydrogens (tertiary/aromatic N) is 1.